The van der Waals surface area contributed by atoms with Gasteiger partial charge >= 0.3 is 6.18 Å². The topological polar surface area (TPSA) is 64.1 Å². The minimum absolute atomic E-state index is 0.0177. The lowest BCUT2D eigenvalue weighted by molar-refractivity contribution is -0.153. The molecule has 2 aromatic carbocycles. The summed E-state index contributed by atoms with van der Waals surface area (Å²) >= 11 is 5.85. The molecule has 0 aliphatic carbocycles. The molecule has 1 heterocycles. The van der Waals surface area contributed by atoms with Crippen molar-refractivity contribution in [2.75, 3.05) is 11.9 Å². The third kappa shape index (κ3) is 5.46. The van der Waals surface area contributed by atoms with Crippen molar-refractivity contribution in [3.8, 4) is 17.0 Å². The molecular weight excluding hydrogens is 445 g/mol. The van der Waals surface area contributed by atoms with Gasteiger partial charge in [-0.15, -0.1) is 0 Å². The van der Waals surface area contributed by atoms with Gasteiger partial charge in [0.1, 0.15) is 17.4 Å². The number of rotatable bonds is 5. The molecule has 0 radical (unpaired) electrons. The Bertz CT molecular complexity index is 1100. The number of nitrogens with one attached hydrogen (secondary N) is 1. The molecule has 11 heteroatoms. The lowest BCUT2D eigenvalue weighted by Gasteiger charge is -2.16. The number of carbonyl (C=O) groups is 1. The summed E-state index contributed by atoms with van der Waals surface area (Å²) in [5.74, 6) is -3.56. The predicted molar refractivity (Wildman–Crippen MR) is 103 cm³/mol. The zero-order valence-electron chi connectivity index (χ0n) is 15.7. The average molecular weight is 458 g/mol. The first-order valence-corrected chi connectivity index (χ1v) is 9.02. The molecule has 0 saturated carbocycles. The molecule has 31 heavy (non-hydrogen) atoms. The number of nitrogens with zero attached hydrogens (tertiary/aromatic N) is 2. The summed E-state index contributed by atoms with van der Waals surface area (Å²) < 4.78 is 71.5. The smallest absolute Gasteiger partial charge is 0.422 e. The van der Waals surface area contributed by atoms with E-state index in [2.05, 4.69) is 15.5 Å². The summed E-state index contributed by atoms with van der Waals surface area (Å²) in [6.45, 7) is -0.0926. The molecule has 0 unspecified atom stereocenters. The van der Waals surface area contributed by atoms with E-state index in [1.807, 2.05) is 0 Å². The molecule has 1 N–H and O–H groups in total. The highest BCUT2D eigenvalue weighted by atomic mass is 35.5. The van der Waals surface area contributed by atoms with E-state index >= 15 is 0 Å². The number of amides is 1. The van der Waals surface area contributed by atoms with Crippen LogP contribution >= 0.6 is 11.6 Å². The minimum atomic E-state index is -4.72. The average Bonchev–Trinajstić information content (AvgIpc) is 2.69. The number of benzene rings is 2. The van der Waals surface area contributed by atoms with Crippen molar-refractivity contribution < 1.29 is 31.5 Å². The molecule has 1 amide bonds. The van der Waals surface area contributed by atoms with Gasteiger partial charge in [0.15, 0.2) is 6.61 Å². The molecule has 0 aliphatic rings. The Kier molecular flexibility index (Phi) is 6.40. The molecule has 0 spiro atoms. The standard InChI is InChI=1S/C20H13ClF5N3O2/c1-10-5-6-16(29-28-10)11-8-17(31-9-20(24,25)26)12(7-15(11)23)19(30)27-18-13(21)3-2-4-14(18)22/h2-8H,9H2,1H3,(H,27,30). The van der Waals surface area contributed by atoms with E-state index in [-0.39, 0.29) is 16.3 Å². The van der Waals surface area contributed by atoms with E-state index in [4.69, 9.17) is 16.3 Å². The normalized spacial score (nSPS) is 11.3. The fraction of sp³-hybridized carbons (Fsp3) is 0.150. The Morgan fingerprint density at radius 3 is 2.45 bits per heavy atom. The molecular formula is C20H13ClF5N3O2. The van der Waals surface area contributed by atoms with Crippen LogP contribution in [0.25, 0.3) is 11.3 Å². The maximum atomic E-state index is 14.7. The first-order valence-electron chi connectivity index (χ1n) is 8.64. The molecule has 0 atom stereocenters. The van der Waals surface area contributed by atoms with Crippen LogP contribution in [0.4, 0.5) is 27.6 Å². The van der Waals surface area contributed by atoms with Gasteiger partial charge in [0, 0.05) is 5.56 Å². The first-order chi connectivity index (χ1) is 14.5. The summed E-state index contributed by atoms with van der Waals surface area (Å²) in [5, 5.41) is 9.53. The lowest BCUT2D eigenvalue weighted by Crippen LogP contribution is -2.22. The number of halogens is 6. The Hall–Kier alpha value is -3.27. The summed E-state index contributed by atoms with van der Waals surface area (Å²) in [7, 11) is 0. The van der Waals surface area contributed by atoms with Crippen LogP contribution in [0.15, 0.2) is 42.5 Å². The Balaban J connectivity index is 2.04. The highest BCUT2D eigenvalue weighted by Gasteiger charge is 2.30. The van der Waals surface area contributed by atoms with Crippen LogP contribution in [-0.4, -0.2) is 28.9 Å². The number of aryl methyl sites for hydroxylation is 1. The van der Waals surface area contributed by atoms with Crippen molar-refractivity contribution >= 4 is 23.2 Å². The summed E-state index contributed by atoms with van der Waals surface area (Å²) in [6.07, 6.45) is -4.72. The van der Waals surface area contributed by atoms with E-state index < -0.39 is 47.3 Å². The van der Waals surface area contributed by atoms with Gasteiger partial charge in [0.2, 0.25) is 0 Å². The maximum absolute atomic E-state index is 14.7. The zero-order valence-corrected chi connectivity index (χ0v) is 16.5. The molecule has 0 saturated heterocycles. The number of hydrogen-bond donors (Lipinski definition) is 1. The fourth-order valence-corrected chi connectivity index (χ4v) is 2.76. The van der Waals surface area contributed by atoms with Crippen molar-refractivity contribution in [3.63, 3.8) is 0 Å². The van der Waals surface area contributed by atoms with Crippen LogP contribution in [0, 0.1) is 18.6 Å². The minimum Gasteiger partial charge on any atom is -0.483 e. The van der Waals surface area contributed by atoms with Gasteiger partial charge in [-0.2, -0.15) is 23.4 Å². The van der Waals surface area contributed by atoms with Crippen LogP contribution in [0.2, 0.25) is 5.02 Å². The van der Waals surface area contributed by atoms with Crippen LogP contribution in [0.5, 0.6) is 5.75 Å². The van der Waals surface area contributed by atoms with E-state index in [1.165, 1.54) is 24.3 Å². The molecule has 3 rings (SSSR count). The quantitative estimate of drug-likeness (QED) is 0.508. The predicted octanol–water partition coefficient (Wildman–Crippen LogP) is 5.58. The lowest BCUT2D eigenvalue weighted by atomic mass is 10.1. The highest BCUT2D eigenvalue weighted by Crippen LogP contribution is 2.32. The van der Waals surface area contributed by atoms with Gasteiger partial charge in [-0.05, 0) is 43.3 Å². The SMILES string of the molecule is Cc1ccc(-c2cc(OCC(F)(F)F)c(C(=O)Nc3c(F)cccc3Cl)cc2F)nn1. The second kappa shape index (κ2) is 8.84. The number of alkyl halides is 3. The monoisotopic (exact) mass is 457 g/mol. The van der Waals surface area contributed by atoms with E-state index in [0.717, 1.165) is 12.1 Å². The Morgan fingerprint density at radius 1 is 1.10 bits per heavy atom. The van der Waals surface area contributed by atoms with Crippen molar-refractivity contribution in [2.24, 2.45) is 0 Å². The Labute approximate surface area is 177 Å². The third-order valence-corrected chi connectivity index (χ3v) is 4.30. The van der Waals surface area contributed by atoms with Gasteiger partial charge in [-0.1, -0.05) is 17.7 Å². The van der Waals surface area contributed by atoms with Gasteiger partial charge < -0.3 is 10.1 Å². The summed E-state index contributed by atoms with van der Waals surface area (Å²) in [4.78, 5) is 12.6. The van der Waals surface area contributed by atoms with Crippen molar-refractivity contribution in [2.45, 2.75) is 13.1 Å². The highest BCUT2D eigenvalue weighted by molar-refractivity contribution is 6.34. The number of para-hydroxylation sites is 1. The van der Waals surface area contributed by atoms with Gasteiger partial charge in [0.25, 0.3) is 5.91 Å². The number of carbonyl (C=O) groups excluding carboxylic acids is 1. The van der Waals surface area contributed by atoms with Gasteiger partial charge in [-0.25, -0.2) is 8.78 Å². The van der Waals surface area contributed by atoms with Crippen molar-refractivity contribution in [1.29, 1.82) is 0 Å². The number of hydrogen-bond acceptors (Lipinski definition) is 4. The molecule has 0 bridgehead atoms. The van der Waals surface area contributed by atoms with Crippen LogP contribution in [0.3, 0.4) is 0 Å². The van der Waals surface area contributed by atoms with E-state index in [9.17, 15) is 26.7 Å². The molecule has 162 valence electrons. The second-order valence-electron chi connectivity index (χ2n) is 6.34. The van der Waals surface area contributed by atoms with Gasteiger partial charge in [0.05, 0.1) is 27.7 Å². The van der Waals surface area contributed by atoms with Gasteiger partial charge in [-0.3, -0.25) is 4.79 Å². The van der Waals surface area contributed by atoms with Crippen LogP contribution in [0.1, 0.15) is 16.1 Å². The van der Waals surface area contributed by atoms with Crippen molar-refractivity contribution in [3.05, 3.63) is 70.4 Å². The molecule has 0 fully saturated rings. The van der Waals surface area contributed by atoms with E-state index in [0.29, 0.717) is 11.8 Å². The largest absolute Gasteiger partial charge is 0.483 e. The van der Waals surface area contributed by atoms with E-state index in [1.54, 1.807) is 6.92 Å². The maximum Gasteiger partial charge on any atom is 0.422 e. The zero-order chi connectivity index (χ0) is 22.8. The fourth-order valence-electron chi connectivity index (χ4n) is 2.55. The number of aromatic nitrogens is 2. The first kappa shape index (κ1) is 22.4. The molecule has 5 nitrogen and oxygen atoms in total. The van der Waals surface area contributed by atoms with Crippen LogP contribution in [-0.2, 0) is 0 Å². The van der Waals surface area contributed by atoms with Crippen LogP contribution < -0.4 is 10.1 Å². The number of ether oxygens (including phenoxy) is 1. The summed E-state index contributed by atoms with van der Waals surface area (Å²) in [6, 6.07) is 8.11. The molecule has 0 aliphatic heterocycles. The molecule has 1 aromatic heterocycles. The number of anilines is 1. The molecule has 3 aromatic rings. The Morgan fingerprint density at radius 2 is 1.84 bits per heavy atom. The second-order valence-corrected chi connectivity index (χ2v) is 6.75. The van der Waals surface area contributed by atoms with Crippen molar-refractivity contribution in [1.82, 2.24) is 10.2 Å². The third-order valence-electron chi connectivity index (χ3n) is 3.98. The summed E-state index contributed by atoms with van der Waals surface area (Å²) in [5.41, 5.74) is -0.681.